The second kappa shape index (κ2) is 9.36. The van der Waals surface area contributed by atoms with Crippen LogP contribution in [0.3, 0.4) is 0 Å². The molecule has 1 amide bonds. The summed E-state index contributed by atoms with van der Waals surface area (Å²) in [6, 6.07) is 10.9. The van der Waals surface area contributed by atoms with Crippen molar-refractivity contribution in [3.63, 3.8) is 0 Å². The normalized spacial score (nSPS) is 11.1. The van der Waals surface area contributed by atoms with Gasteiger partial charge in [-0.05, 0) is 12.2 Å². The van der Waals surface area contributed by atoms with Gasteiger partial charge in [0.1, 0.15) is 6.04 Å². The molecule has 0 aliphatic carbocycles. The third-order valence-corrected chi connectivity index (χ3v) is 2.40. The molecule has 1 rings (SSSR count). The van der Waals surface area contributed by atoms with Gasteiger partial charge in [-0.2, -0.15) is 0 Å². The summed E-state index contributed by atoms with van der Waals surface area (Å²) in [6.07, 6.45) is 3.06. The van der Waals surface area contributed by atoms with Crippen molar-refractivity contribution in [2.75, 3.05) is 21.1 Å². The summed E-state index contributed by atoms with van der Waals surface area (Å²) in [5.74, 6) is -0.481. The Labute approximate surface area is 122 Å². The molecular weight excluding hydrogens is 260 g/mol. The van der Waals surface area contributed by atoms with E-state index in [0.717, 1.165) is 10.6 Å². The van der Waals surface area contributed by atoms with Gasteiger partial charge in [-0.3, -0.25) is 4.79 Å². The van der Waals surface area contributed by atoms with Gasteiger partial charge in [0.15, 0.2) is 0 Å². The Hall–Kier alpha value is -1.58. The Morgan fingerprint density at radius 3 is 1.89 bits per heavy atom. The largest absolute Gasteiger partial charge is 1.00 e. The molecule has 0 saturated carbocycles. The highest BCUT2D eigenvalue weighted by atomic mass is 35.5. The number of nitrogens with zero attached hydrogens (tertiary/aromatic N) is 1. The number of carbonyl (C=O) groups excluding carboxylic acids is 1. The predicted molar refractivity (Wildman–Crippen MR) is 76.8 cm³/mol. The van der Waals surface area contributed by atoms with Gasteiger partial charge in [0, 0.05) is 5.56 Å². The van der Waals surface area contributed by atoms with E-state index in [4.69, 9.17) is 0 Å². The van der Waals surface area contributed by atoms with E-state index in [-0.39, 0.29) is 12.4 Å². The van der Waals surface area contributed by atoms with Crippen LogP contribution >= 0.6 is 0 Å². The van der Waals surface area contributed by atoms with Crippen LogP contribution in [0.2, 0.25) is 0 Å². The highest BCUT2D eigenvalue weighted by Gasteiger charge is 2.21. The van der Waals surface area contributed by atoms with Gasteiger partial charge in [-0.25, -0.2) is 0 Å². The number of likely N-dealkylation sites (N-methyl/N-ethyl adjacent to an activating group) is 1. The number of carbonyl (C=O) groups is 1. The van der Waals surface area contributed by atoms with Gasteiger partial charge in [-0.1, -0.05) is 43.5 Å². The second-order valence-corrected chi connectivity index (χ2v) is 4.81. The molecule has 0 spiro atoms. The summed E-state index contributed by atoms with van der Waals surface area (Å²) in [5, 5.41) is 0. The maximum absolute atomic E-state index is 9.47. The molecule has 0 saturated heterocycles. The minimum absolute atomic E-state index is 0. The first-order valence-corrected chi connectivity index (χ1v) is 5.73. The van der Waals surface area contributed by atoms with Gasteiger partial charge in [0.25, 0.3) is 0 Å². The van der Waals surface area contributed by atoms with Crippen LogP contribution < -0.4 is 18.1 Å². The molecule has 0 radical (unpaired) electrons. The molecule has 2 N–H and O–H groups in total. The van der Waals surface area contributed by atoms with Crippen molar-refractivity contribution in [3.8, 4) is 0 Å². The lowest BCUT2D eigenvalue weighted by Crippen LogP contribution is -3.00. The van der Waals surface area contributed by atoms with Crippen LogP contribution in [0.15, 0.2) is 55.6 Å². The highest BCUT2D eigenvalue weighted by molar-refractivity contribution is 5.84. The van der Waals surface area contributed by atoms with Crippen molar-refractivity contribution in [2.45, 2.75) is 6.04 Å². The molecule has 1 aromatic rings. The zero-order chi connectivity index (χ0) is 14.2. The molecule has 0 aromatic heterocycles. The Balaban J connectivity index is 0. The van der Waals surface area contributed by atoms with Crippen molar-refractivity contribution in [3.05, 3.63) is 61.2 Å². The molecule has 0 heterocycles. The quantitative estimate of drug-likeness (QED) is 0.442. The first-order valence-electron chi connectivity index (χ1n) is 5.73. The Morgan fingerprint density at radius 1 is 1.21 bits per heavy atom. The van der Waals surface area contributed by atoms with E-state index in [0.29, 0.717) is 6.04 Å². The van der Waals surface area contributed by atoms with Crippen LogP contribution in [-0.4, -0.2) is 31.5 Å². The van der Waals surface area contributed by atoms with Crippen LogP contribution in [0.1, 0.15) is 11.6 Å². The maximum atomic E-state index is 9.47. The average molecular weight is 283 g/mol. The van der Waals surface area contributed by atoms with E-state index in [9.17, 15) is 4.79 Å². The number of amides is 1. The van der Waals surface area contributed by atoms with Crippen molar-refractivity contribution in [1.29, 1.82) is 0 Å². The molecule has 4 heteroatoms. The minimum Gasteiger partial charge on any atom is -1.00 e. The molecule has 19 heavy (non-hydrogen) atoms. The number of quaternary nitrogens is 1. The molecule has 0 aliphatic rings. The molecule has 1 unspecified atom stereocenters. The summed E-state index contributed by atoms with van der Waals surface area (Å²) in [4.78, 5) is 9.47. The summed E-state index contributed by atoms with van der Waals surface area (Å²) in [5.41, 5.74) is 5.86. The molecule has 1 atom stereocenters. The summed E-state index contributed by atoms with van der Waals surface area (Å²) < 4.78 is 0.882. The fourth-order valence-electron chi connectivity index (χ4n) is 1.55. The van der Waals surface area contributed by atoms with E-state index in [1.165, 1.54) is 5.56 Å². The number of halogens is 1. The number of hydrogen-bond acceptors (Lipinski definition) is 1. The third-order valence-electron chi connectivity index (χ3n) is 2.40. The number of nitrogens with two attached hydrogens (primary N) is 1. The van der Waals surface area contributed by atoms with Crippen molar-refractivity contribution >= 4 is 5.91 Å². The van der Waals surface area contributed by atoms with Crippen LogP contribution in [0.5, 0.6) is 0 Å². The molecule has 0 bridgehead atoms. The standard InChI is InChI=1S/C12H18N.C3H5NO.ClH/c1-5-12(13(2,3)4)11-9-7-6-8-10-11;1-2-3(4)5;/h5-10,12H,1H2,2-4H3;2H,1H2,(H2,4,5);1H/q+1;;/p-1. The number of hydrogen-bond donors (Lipinski definition) is 1. The third kappa shape index (κ3) is 8.19. The monoisotopic (exact) mass is 282 g/mol. The lowest BCUT2D eigenvalue weighted by molar-refractivity contribution is -0.895. The van der Waals surface area contributed by atoms with Gasteiger partial charge < -0.3 is 22.6 Å². The first-order chi connectivity index (χ1) is 8.32. The van der Waals surface area contributed by atoms with E-state index in [2.05, 4.69) is 64.3 Å². The van der Waals surface area contributed by atoms with Crippen LogP contribution in [0.4, 0.5) is 0 Å². The fourth-order valence-corrected chi connectivity index (χ4v) is 1.55. The van der Waals surface area contributed by atoms with Crippen molar-refractivity contribution in [1.82, 2.24) is 0 Å². The highest BCUT2D eigenvalue weighted by Crippen LogP contribution is 2.23. The minimum atomic E-state index is -0.481. The lowest BCUT2D eigenvalue weighted by atomic mass is 10.1. The second-order valence-electron chi connectivity index (χ2n) is 4.81. The Kier molecular flexibility index (Phi) is 9.73. The summed E-state index contributed by atoms with van der Waals surface area (Å²) in [6.45, 7) is 6.97. The maximum Gasteiger partial charge on any atom is 0.240 e. The Bertz CT molecular complexity index is 396. The average Bonchev–Trinajstić information content (AvgIpc) is 2.30. The van der Waals surface area contributed by atoms with E-state index in [1.807, 2.05) is 12.1 Å². The summed E-state index contributed by atoms with van der Waals surface area (Å²) >= 11 is 0. The molecule has 0 aliphatic heterocycles. The van der Waals surface area contributed by atoms with E-state index >= 15 is 0 Å². The Morgan fingerprint density at radius 2 is 1.63 bits per heavy atom. The predicted octanol–water partition coefficient (Wildman–Crippen LogP) is -0.718. The van der Waals surface area contributed by atoms with Crippen molar-refractivity contribution in [2.24, 2.45) is 5.73 Å². The molecular formula is C15H23ClN2O. The lowest BCUT2D eigenvalue weighted by Gasteiger charge is -2.32. The summed E-state index contributed by atoms with van der Waals surface area (Å²) in [7, 11) is 6.54. The zero-order valence-corrected chi connectivity index (χ0v) is 12.6. The molecule has 3 nitrogen and oxygen atoms in total. The van der Waals surface area contributed by atoms with Crippen LogP contribution in [0, 0.1) is 0 Å². The molecule has 0 fully saturated rings. The number of benzene rings is 1. The fraction of sp³-hybridized carbons (Fsp3) is 0.267. The van der Waals surface area contributed by atoms with Crippen LogP contribution in [0.25, 0.3) is 0 Å². The number of rotatable bonds is 4. The zero-order valence-electron chi connectivity index (χ0n) is 11.8. The first kappa shape index (κ1) is 19.8. The van der Waals surface area contributed by atoms with Gasteiger partial charge in [-0.15, -0.1) is 0 Å². The number of primary amides is 1. The van der Waals surface area contributed by atoms with E-state index in [1.54, 1.807) is 0 Å². The van der Waals surface area contributed by atoms with Gasteiger partial charge >= 0.3 is 0 Å². The molecule has 106 valence electrons. The van der Waals surface area contributed by atoms with Gasteiger partial charge in [0.05, 0.1) is 21.1 Å². The molecule has 1 aromatic carbocycles. The van der Waals surface area contributed by atoms with Gasteiger partial charge in [0.2, 0.25) is 5.91 Å². The topological polar surface area (TPSA) is 43.1 Å². The van der Waals surface area contributed by atoms with Crippen LogP contribution in [-0.2, 0) is 4.79 Å². The smallest absolute Gasteiger partial charge is 0.240 e. The SMILES string of the molecule is C=CC(N)=O.C=CC(c1ccccc1)[N+](C)(C)C.[Cl-]. The van der Waals surface area contributed by atoms with E-state index < -0.39 is 5.91 Å². The van der Waals surface area contributed by atoms with Crippen molar-refractivity contribution < 1.29 is 21.7 Å².